The number of amides is 1. The molecule has 2 atom stereocenters. The monoisotopic (exact) mass is 361 g/mol. The minimum Gasteiger partial charge on any atom is -0.354 e. The number of carbonyl (C=O) groups is 1. The summed E-state index contributed by atoms with van der Waals surface area (Å²) in [4.78, 5) is 14.1. The van der Waals surface area contributed by atoms with E-state index >= 15 is 0 Å². The van der Waals surface area contributed by atoms with Crippen LogP contribution in [0.2, 0.25) is 0 Å². The molecule has 2 N–H and O–H groups in total. The maximum Gasteiger partial charge on any atom is 0.220 e. The second kappa shape index (κ2) is 11.7. The van der Waals surface area contributed by atoms with Crippen LogP contribution in [0.3, 0.4) is 0 Å². The van der Waals surface area contributed by atoms with Crippen LogP contribution in [-0.4, -0.2) is 44.0 Å². The fourth-order valence-electron chi connectivity index (χ4n) is 2.88. The Morgan fingerprint density at radius 3 is 2.57 bits per heavy atom. The highest BCUT2D eigenvalue weighted by molar-refractivity contribution is 5.85. The number of nitrogens with zero attached hydrogens (tertiary/aromatic N) is 1. The van der Waals surface area contributed by atoms with Crippen molar-refractivity contribution in [2.24, 2.45) is 0 Å². The van der Waals surface area contributed by atoms with Gasteiger partial charge in [0.15, 0.2) is 0 Å². The second-order valence-corrected chi connectivity index (χ2v) is 6.03. The van der Waals surface area contributed by atoms with Gasteiger partial charge >= 0.3 is 0 Å². The number of carbonyl (C=O) groups excluding carboxylic acids is 1. The zero-order valence-corrected chi connectivity index (χ0v) is 15.6. The summed E-state index contributed by atoms with van der Waals surface area (Å²) in [7, 11) is 4.10. The first kappa shape index (κ1) is 22.2. The van der Waals surface area contributed by atoms with Gasteiger partial charge in [0.25, 0.3) is 0 Å². The first-order chi connectivity index (χ1) is 10.2. The van der Waals surface area contributed by atoms with E-state index in [1.807, 2.05) is 32.3 Å². The van der Waals surface area contributed by atoms with Gasteiger partial charge in [0.1, 0.15) is 0 Å². The topological polar surface area (TPSA) is 44.4 Å². The zero-order chi connectivity index (χ0) is 15.1. The molecule has 1 aliphatic rings. The summed E-state index contributed by atoms with van der Waals surface area (Å²) < 4.78 is 0. The van der Waals surface area contributed by atoms with Gasteiger partial charge in [0.05, 0.1) is 6.04 Å². The number of halogens is 2. The summed E-state index contributed by atoms with van der Waals surface area (Å²) in [5, 5.41) is 6.51. The third kappa shape index (κ3) is 7.53. The largest absolute Gasteiger partial charge is 0.354 e. The maximum atomic E-state index is 12.0. The molecule has 0 aliphatic carbocycles. The second-order valence-electron chi connectivity index (χ2n) is 6.03. The van der Waals surface area contributed by atoms with Gasteiger partial charge in [-0.3, -0.25) is 4.79 Å². The third-order valence-corrected chi connectivity index (χ3v) is 4.18. The Morgan fingerprint density at radius 1 is 1.30 bits per heavy atom. The number of hydrogen-bond donors (Lipinski definition) is 2. The summed E-state index contributed by atoms with van der Waals surface area (Å²) in [6.45, 7) is 1.76. The van der Waals surface area contributed by atoms with Crippen LogP contribution in [0.15, 0.2) is 30.3 Å². The molecule has 6 heteroatoms. The average molecular weight is 362 g/mol. The predicted molar refractivity (Wildman–Crippen MR) is 101 cm³/mol. The molecule has 1 heterocycles. The standard InChI is InChI=1S/C17H27N3O.2ClH/c1-20(2)16(14-7-4-3-5-8-14)13-19-17(21)11-10-15-9-6-12-18-15;;/h3-5,7-8,15-16,18H,6,9-13H2,1-2H3,(H,19,21);2*1H. The van der Waals surface area contributed by atoms with Crippen LogP contribution in [0.5, 0.6) is 0 Å². The Kier molecular flexibility index (Phi) is 11.3. The lowest BCUT2D eigenvalue weighted by Gasteiger charge is -2.25. The molecule has 1 aromatic carbocycles. The van der Waals surface area contributed by atoms with Gasteiger partial charge in [0.2, 0.25) is 5.91 Å². The molecule has 132 valence electrons. The number of rotatable bonds is 7. The normalized spacial score (nSPS) is 18.0. The van der Waals surface area contributed by atoms with Gasteiger partial charge in [-0.1, -0.05) is 30.3 Å². The molecule has 1 fully saturated rings. The molecule has 0 saturated carbocycles. The van der Waals surface area contributed by atoms with E-state index < -0.39 is 0 Å². The molecule has 0 radical (unpaired) electrons. The fourth-order valence-corrected chi connectivity index (χ4v) is 2.88. The van der Waals surface area contributed by atoms with E-state index in [1.54, 1.807) is 0 Å². The summed E-state index contributed by atoms with van der Waals surface area (Å²) in [6.07, 6.45) is 4.01. The fraction of sp³-hybridized carbons (Fsp3) is 0.588. The van der Waals surface area contributed by atoms with Gasteiger partial charge in [-0.05, 0) is 45.5 Å². The van der Waals surface area contributed by atoms with Crippen molar-refractivity contribution in [1.82, 2.24) is 15.5 Å². The van der Waals surface area contributed by atoms with Gasteiger partial charge in [0, 0.05) is 19.0 Å². The summed E-state index contributed by atoms with van der Waals surface area (Å²) in [6, 6.07) is 11.1. The van der Waals surface area contributed by atoms with E-state index in [-0.39, 0.29) is 36.8 Å². The molecule has 0 bridgehead atoms. The third-order valence-electron chi connectivity index (χ3n) is 4.18. The van der Waals surface area contributed by atoms with Gasteiger partial charge in [-0.2, -0.15) is 0 Å². The van der Waals surface area contributed by atoms with Crippen LogP contribution in [-0.2, 0) is 4.79 Å². The van der Waals surface area contributed by atoms with E-state index in [4.69, 9.17) is 0 Å². The Balaban J connectivity index is 0.00000242. The molecular formula is C17H29Cl2N3O. The smallest absolute Gasteiger partial charge is 0.220 e. The SMILES string of the molecule is CN(C)C(CNC(=O)CCC1CCCN1)c1ccccc1.Cl.Cl. The Morgan fingerprint density at radius 2 is 2.00 bits per heavy atom. The molecule has 1 aromatic rings. The summed E-state index contributed by atoms with van der Waals surface area (Å²) in [5.74, 6) is 0.159. The molecule has 1 aliphatic heterocycles. The molecule has 2 rings (SSSR count). The zero-order valence-electron chi connectivity index (χ0n) is 14.0. The van der Waals surface area contributed by atoms with Crippen molar-refractivity contribution in [3.8, 4) is 0 Å². The van der Waals surface area contributed by atoms with Gasteiger partial charge in [-0.25, -0.2) is 0 Å². The first-order valence-corrected chi connectivity index (χ1v) is 7.88. The molecule has 1 amide bonds. The van der Waals surface area contributed by atoms with Crippen molar-refractivity contribution in [2.45, 2.75) is 37.8 Å². The highest BCUT2D eigenvalue weighted by Crippen LogP contribution is 2.17. The molecule has 0 spiro atoms. The van der Waals surface area contributed by atoms with Crippen molar-refractivity contribution in [1.29, 1.82) is 0 Å². The maximum absolute atomic E-state index is 12.0. The molecular weight excluding hydrogens is 333 g/mol. The summed E-state index contributed by atoms with van der Waals surface area (Å²) in [5.41, 5.74) is 1.24. The first-order valence-electron chi connectivity index (χ1n) is 7.88. The highest BCUT2D eigenvalue weighted by Gasteiger charge is 2.17. The van der Waals surface area contributed by atoms with Crippen molar-refractivity contribution >= 4 is 30.7 Å². The quantitative estimate of drug-likeness (QED) is 0.784. The van der Waals surface area contributed by atoms with Crippen LogP contribution >= 0.6 is 24.8 Å². The van der Waals surface area contributed by atoms with Gasteiger partial charge in [-0.15, -0.1) is 24.8 Å². The van der Waals surface area contributed by atoms with Crippen LogP contribution in [0, 0.1) is 0 Å². The molecule has 0 aromatic heterocycles. The van der Waals surface area contributed by atoms with Crippen LogP contribution in [0.4, 0.5) is 0 Å². The average Bonchev–Trinajstić information content (AvgIpc) is 2.99. The van der Waals surface area contributed by atoms with E-state index in [0.29, 0.717) is 19.0 Å². The number of likely N-dealkylation sites (N-methyl/N-ethyl adjacent to an activating group) is 1. The Labute approximate surface area is 152 Å². The number of hydrogen-bond acceptors (Lipinski definition) is 3. The van der Waals surface area contributed by atoms with Crippen molar-refractivity contribution in [2.75, 3.05) is 27.2 Å². The number of benzene rings is 1. The van der Waals surface area contributed by atoms with E-state index in [9.17, 15) is 4.79 Å². The molecule has 23 heavy (non-hydrogen) atoms. The number of nitrogens with one attached hydrogen (secondary N) is 2. The van der Waals surface area contributed by atoms with E-state index in [2.05, 4.69) is 27.7 Å². The van der Waals surface area contributed by atoms with Crippen LogP contribution in [0.1, 0.15) is 37.3 Å². The Hall–Kier alpha value is -0.810. The van der Waals surface area contributed by atoms with Gasteiger partial charge < -0.3 is 15.5 Å². The lowest BCUT2D eigenvalue weighted by atomic mass is 10.1. The predicted octanol–water partition coefficient (Wildman–Crippen LogP) is 2.78. The van der Waals surface area contributed by atoms with E-state index in [0.717, 1.165) is 13.0 Å². The van der Waals surface area contributed by atoms with Crippen molar-refractivity contribution in [3.63, 3.8) is 0 Å². The van der Waals surface area contributed by atoms with Crippen LogP contribution in [0.25, 0.3) is 0 Å². The highest BCUT2D eigenvalue weighted by atomic mass is 35.5. The van der Waals surface area contributed by atoms with Crippen molar-refractivity contribution in [3.05, 3.63) is 35.9 Å². The minimum absolute atomic E-state index is 0. The lowest BCUT2D eigenvalue weighted by Crippen LogP contribution is -2.35. The van der Waals surface area contributed by atoms with E-state index in [1.165, 1.54) is 18.4 Å². The molecule has 4 nitrogen and oxygen atoms in total. The molecule has 2 unspecified atom stereocenters. The Bertz CT molecular complexity index is 437. The summed E-state index contributed by atoms with van der Waals surface area (Å²) >= 11 is 0. The van der Waals surface area contributed by atoms with Crippen LogP contribution < -0.4 is 10.6 Å². The lowest BCUT2D eigenvalue weighted by molar-refractivity contribution is -0.121. The van der Waals surface area contributed by atoms with Crippen molar-refractivity contribution < 1.29 is 4.79 Å². The minimum atomic E-state index is 0. The molecule has 1 saturated heterocycles.